The summed E-state index contributed by atoms with van der Waals surface area (Å²) < 4.78 is 33.4. The van der Waals surface area contributed by atoms with Gasteiger partial charge in [-0.15, -0.1) is 0 Å². The van der Waals surface area contributed by atoms with E-state index in [4.69, 9.17) is 18.5 Å². The molecule has 0 heterocycles. The zero-order valence-electron chi connectivity index (χ0n) is 39.0. The van der Waals surface area contributed by atoms with Gasteiger partial charge in [0, 0.05) is 12.8 Å². The molecule has 15 heteroatoms. The molecule has 0 aliphatic heterocycles. The first-order valence-electron chi connectivity index (χ1n) is 23.4. The van der Waals surface area contributed by atoms with E-state index in [0.29, 0.717) is 38.5 Å². The van der Waals surface area contributed by atoms with Crippen molar-refractivity contribution in [1.29, 1.82) is 0 Å². The van der Waals surface area contributed by atoms with E-state index in [9.17, 15) is 49.7 Å². The van der Waals surface area contributed by atoms with Crippen LogP contribution < -0.4 is 0 Å². The Bertz CT molecular complexity index is 1630. The van der Waals surface area contributed by atoms with Crippen molar-refractivity contribution in [1.82, 2.24) is 0 Å². The summed E-state index contributed by atoms with van der Waals surface area (Å²) >= 11 is 0. The summed E-state index contributed by atoms with van der Waals surface area (Å²) in [6.07, 6.45) is 38.6. The minimum atomic E-state index is -5.18. The van der Waals surface area contributed by atoms with Crippen LogP contribution in [-0.2, 0) is 32.7 Å². The molecule has 0 bridgehead atoms. The summed E-state index contributed by atoms with van der Waals surface area (Å²) in [5.41, 5.74) is 0. The number of rotatable bonds is 36. The number of allylic oxidation sites excluding steroid dienone is 18. The van der Waals surface area contributed by atoms with Gasteiger partial charge in [-0.05, 0) is 83.5 Å². The summed E-state index contributed by atoms with van der Waals surface area (Å²) in [5.74, 6) is -1.32. The predicted molar refractivity (Wildman–Crippen MR) is 259 cm³/mol. The molecular weight excluding hydrogens is 868 g/mol. The summed E-state index contributed by atoms with van der Waals surface area (Å²) in [4.78, 5) is 35.7. The SMILES string of the molecule is CC/C=C\C/C=C\C/C=C\C/C=C\C/C=C\C/C=C\CCC(=O)O[C@H](COC(=O)CCC/C=C/C/C=C\C[C@H](O)/C=C\C=C/CCCCC)COP(=O)(O)OC1[C@H](O)[C@H](O)C(O)[C@H](O)[C@H]1O. The molecule has 0 aromatic carbocycles. The van der Waals surface area contributed by atoms with Crippen LogP contribution in [0.25, 0.3) is 0 Å². The van der Waals surface area contributed by atoms with Gasteiger partial charge >= 0.3 is 19.8 Å². The van der Waals surface area contributed by atoms with Crippen LogP contribution in [0, 0.1) is 0 Å². The quantitative estimate of drug-likeness (QED) is 0.0103. The van der Waals surface area contributed by atoms with E-state index in [1.54, 1.807) is 6.08 Å². The van der Waals surface area contributed by atoms with E-state index in [2.05, 4.69) is 68.5 Å². The van der Waals surface area contributed by atoms with Crippen LogP contribution in [0.15, 0.2) is 122 Å². The molecule has 0 saturated heterocycles. The second kappa shape index (κ2) is 39.2. The van der Waals surface area contributed by atoms with E-state index in [1.807, 2.05) is 60.8 Å². The van der Waals surface area contributed by atoms with Crippen molar-refractivity contribution in [3.8, 4) is 0 Å². The van der Waals surface area contributed by atoms with E-state index < -0.39 is 81.8 Å². The lowest BCUT2D eigenvalue weighted by Crippen LogP contribution is -2.64. The van der Waals surface area contributed by atoms with Crippen LogP contribution in [0.2, 0.25) is 0 Å². The number of hydrogen-bond donors (Lipinski definition) is 7. The normalized spacial score (nSPS) is 22.9. The van der Waals surface area contributed by atoms with Gasteiger partial charge in [-0.3, -0.25) is 18.6 Å². The second-order valence-corrected chi connectivity index (χ2v) is 17.1. The molecule has 1 fully saturated rings. The van der Waals surface area contributed by atoms with Crippen LogP contribution in [0.4, 0.5) is 0 Å². The van der Waals surface area contributed by atoms with Gasteiger partial charge < -0.3 is 45.0 Å². The van der Waals surface area contributed by atoms with E-state index >= 15 is 0 Å². The molecular formula is C51H79O14P. The third kappa shape index (κ3) is 31.2. The fourth-order valence-corrected chi connectivity index (χ4v) is 7.06. The number of phosphoric acid groups is 1. The topological polar surface area (TPSA) is 230 Å². The highest BCUT2D eigenvalue weighted by molar-refractivity contribution is 7.47. The van der Waals surface area contributed by atoms with Crippen LogP contribution in [0.3, 0.4) is 0 Å². The third-order valence-corrected chi connectivity index (χ3v) is 10.9. The minimum absolute atomic E-state index is 0.0333. The van der Waals surface area contributed by atoms with E-state index in [-0.39, 0.29) is 12.8 Å². The van der Waals surface area contributed by atoms with Crippen LogP contribution in [0.1, 0.15) is 123 Å². The fourth-order valence-electron chi connectivity index (χ4n) is 6.09. The minimum Gasteiger partial charge on any atom is -0.462 e. The van der Waals surface area contributed by atoms with Gasteiger partial charge in [0.15, 0.2) is 6.10 Å². The summed E-state index contributed by atoms with van der Waals surface area (Å²) in [6.45, 7) is 2.95. The van der Waals surface area contributed by atoms with Crippen LogP contribution >= 0.6 is 7.82 Å². The smallest absolute Gasteiger partial charge is 0.462 e. The van der Waals surface area contributed by atoms with E-state index in [1.165, 1.54) is 19.3 Å². The monoisotopic (exact) mass is 947 g/mol. The average Bonchev–Trinajstić information content (AvgIpc) is 3.29. The Labute approximate surface area is 393 Å². The molecule has 0 radical (unpaired) electrons. The molecule has 7 N–H and O–H groups in total. The van der Waals surface area contributed by atoms with Gasteiger partial charge in [0.05, 0.1) is 12.7 Å². The largest absolute Gasteiger partial charge is 0.472 e. The lowest BCUT2D eigenvalue weighted by atomic mass is 9.85. The molecule has 0 aromatic heterocycles. The first-order chi connectivity index (χ1) is 31.8. The van der Waals surface area contributed by atoms with Gasteiger partial charge in [-0.1, -0.05) is 148 Å². The first-order valence-corrected chi connectivity index (χ1v) is 24.9. The standard InChI is InChI=1S/C51H79O14P/c1-3-5-7-9-11-12-13-14-15-16-17-18-19-20-21-22-26-31-35-39-45(54)64-43(41-63-66(60,61)65-51-49(58)47(56)46(55)48(57)50(51)59)40-62-44(53)38-34-30-27-23-25-29-33-37-42(52)36-32-28-24-10-8-6-4-2/h5,7,11-12,14-15,17-18,20-21,23-24,26-29,31-33,36,42-43,46-52,55-59H,3-4,6,8-10,13,16,19,22,25,30,34-35,37-41H2,1-2H3,(H,60,61)/b7-5-,12-11-,15-14-,18-17-,21-20-,27-23+,28-24-,31-26-,33-29-,36-32-/t42-,43-,46?,47-,48+,49-,50-,51?/m1/s1. The van der Waals surface area contributed by atoms with Crippen molar-refractivity contribution >= 4 is 19.8 Å². The van der Waals surface area contributed by atoms with Gasteiger partial charge in [0.25, 0.3) is 0 Å². The molecule has 3 unspecified atom stereocenters. The Balaban J connectivity index is 2.59. The van der Waals surface area contributed by atoms with Crippen molar-refractivity contribution in [2.24, 2.45) is 0 Å². The molecule has 14 nitrogen and oxygen atoms in total. The molecule has 1 aliphatic rings. The van der Waals surface area contributed by atoms with Crippen LogP contribution in [0.5, 0.6) is 0 Å². The summed E-state index contributed by atoms with van der Waals surface area (Å²) in [5, 5.41) is 60.3. The predicted octanol–water partition coefficient (Wildman–Crippen LogP) is 8.36. The number of aliphatic hydroxyl groups excluding tert-OH is 6. The molecule has 372 valence electrons. The number of esters is 2. The molecule has 0 spiro atoms. The zero-order chi connectivity index (χ0) is 48.7. The number of aliphatic hydroxyl groups is 6. The molecule has 1 rings (SSSR count). The highest BCUT2D eigenvalue weighted by Gasteiger charge is 2.51. The number of carbonyl (C=O) groups is 2. The fraction of sp³-hybridized carbons (Fsp3) is 0.569. The van der Waals surface area contributed by atoms with Crippen molar-refractivity contribution in [3.05, 3.63) is 122 Å². The first kappa shape index (κ1) is 60.2. The maximum absolute atomic E-state index is 12.8. The van der Waals surface area contributed by atoms with Crippen LogP contribution in [-0.4, -0.2) is 110 Å². The molecule has 1 aliphatic carbocycles. The number of hydrogen-bond acceptors (Lipinski definition) is 13. The number of unbranched alkanes of at least 4 members (excludes halogenated alkanes) is 4. The Hall–Kier alpha value is -3.79. The molecule has 0 aromatic rings. The van der Waals surface area contributed by atoms with Gasteiger partial charge in [0.2, 0.25) is 0 Å². The zero-order valence-corrected chi connectivity index (χ0v) is 39.9. The summed E-state index contributed by atoms with van der Waals surface area (Å²) in [7, 11) is -5.18. The van der Waals surface area contributed by atoms with Crippen molar-refractivity contribution in [2.45, 2.75) is 172 Å². The lowest BCUT2D eigenvalue weighted by Gasteiger charge is -2.41. The maximum Gasteiger partial charge on any atom is 0.472 e. The molecule has 1 saturated carbocycles. The van der Waals surface area contributed by atoms with Gasteiger partial charge in [0.1, 0.15) is 43.2 Å². The Morgan fingerprint density at radius 1 is 0.561 bits per heavy atom. The third-order valence-electron chi connectivity index (χ3n) is 9.88. The highest BCUT2D eigenvalue weighted by atomic mass is 31.2. The molecule has 66 heavy (non-hydrogen) atoms. The second-order valence-electron chi connectivity index (χ2n) is 15.7. The van der Waals surface area contributed by atoms with Gasteiger partial charge in [-0.2, -0.15) is 0 Å². The lowest BCUT2D eigenvalue weighted by molar-refractivity contribution is -0.220. The van der Waals surface area contributed by atoms with Gasteiger partial charge in [-0.25, -0.2) is 4.57 Å². The number of phosphoric ester groups is 1. The Morgan fingerprint density at radius 3 is 1.62 bits per heavy atom. The van der Waals surface area contributed by atoms with Crippen molar-refractivity contribution < 1.29 is 68.2 Å². The van der Waals surface area contributed by atoms with Crippen molar-refractivity contribution in [2.75, 3.05) is 13.2 Å². The average molecular weight is 947 g/mol. The summed E-state index contributed by atoms with van der Waals surface area (Å²) in [6, 6.07) is 0. The number of carbonyl (C=O) groups excluding carboxylic acids is 2. The Kier molecular flexibility index (Phi) is 35.8. The van der Waals surface area contributed by atoms with E-state index in [0.717, 1.165) is 38.5 Å². The highest BCUT2D eigenvalue weighted by Crippen LogP contribution is 2.47. The molecule has 0 amide bonds. The molecule has 9 atom stereocenters. The maximum atomic E-state index is 12.8. The van der Waals surface area contributed by atoms with Crippen molar-refractivity contribution in [3.63, 3.8) is 0 Å². The Morgan fingerprint density at radius 2 is 1.06 bits per heavy atom. The number of ether oxygens (including phenoxy) is 2.